The number of hydrogen-bond acceptors (Lipinski definition) is 4. The van der Waals surface area contributed by atoms with Crippen LogP contribution in [0, 0.1) is 6.92 Å². The number of aromatic amines is 1. The van der Waals surface area contributed by atoms with Gasteiger partial charge in [0.05, 0.1) is 12.6 Å². The lowest BCUT2D eigenvalue weighted by Crippen LogP contribution is -2.38. The van der Waals surface area contributed by atoms with Crippen molar-refractivity contribution in [2.75, 3.05) is 13.1 Å². The standard InChI is InChI=1S/C12H19N5O/c1-8-13-12(16-15-8)10-3-2-6-17(10)7-11(18)14-9-4-5-9/h9-10H,2-7H2,1H3,(H,14,18)(H,13,15,16). The maximum absolute atomic E-state index is 11.8. The molecule has 1 aromatic heterocycles. The van der Waals surface area contributed by atoms with E-state index in [0.29, 0.717) is 12.6 Å². The summed E-state index contributed by atoms with van der Waals surface area (Å²) in [6.07, 6.45) is 4.41. The van der Waals surface area contributed by atoms with Crippen LogP contribution in [0.4, 0.5) is 0 Å². The molecular formula is C12H19N5O. The molecule has 0 bridgehead atoms. The summed E-state index contributed by atoms with van der Waals surface area (Å²) < 4.78 is 0. The van der Waals surface area contributed by atoms with Gasteiger partial charge in [-0.3, -0.25) is 14.8 Å². The minimum absolute atomic E-state index is 0.136. The molecule has 1 aliphatic heterocycles. The van der Waals surface area contributed by atoms with Crippen LogP contribution in [0.25, 0.3) is 0 Å². The number of carbonyl (C=O) groups excluding carboxylic acids is 1. The van der Waals surface area contributed by atoms with Crippen LogP contribution in [0.15, 0.2) is 0 Å². The lowest BCUT2D eigenvalue weighted by atomic mass is 10.2. The molecule has 6 nitrogen and oxygen atoms in total. The van der Waals surface area contributed by atoms with E-state index in [1.165, 1.54) is 0 Å². The number of nitrogens with zero attached hydrogens (tertiary/aromatic N) is 3. The average molecular weight is 249 g/mol. The highest BCUT2D eigenvalue weighted by Crippen LogP contribution is 2.29. The average Bonchev–Trinajstić information content (AvgIpc) is 2.85. The van der Waals surface area contributed by atoms with Crippen molar-refractivity contribution in [2.45, 2.75) is 44.7 Å². The van der Waals surface area contributed by atoms with E-state index in [4.69, 9.17) is 0 Å². The molecule has 1 aromatic rings. The number of amides is 1. The van der Waals surface area contributed by atoms with Gasteiger partial charge >= 0.3 is 0 Å². The van der Waals surface area contributed by atoms with Gasteiger partial charge in [0.25, 0.3) is 0 Å². The summed E-state index contributed by atoms with van der Waals surface area (Å²) in [4.78, 5) is 18.4. The molecule has 6 heteroatoms. The van der Waals surface area contributed by atoms with E-state index in [9.17, 15) is 4.79 Å². The topological polar surface area (TPSA) is 73.9 Å². The fourth-order valence-electron chi connectivity index (χ4n) is 2.50. The first-order chi connectivity index (χ1) is 8.72. The summed E-state index contributed by atoms with van der Waals surface area (Å²) in [5.74, 6) is 1.79. The van der Waals surface area contributed by atoms with Gasteiger partial charge < -0.3 is 5.32 Å². The van der Waals surface area contributed by atoms with Crippen molar-refractivity contribution in [1.82, 2.24) is 25.4 Å². The molecular weight excluding hydrogens is 230 g/mol. The predicted octanol–water partition coefficient (Wildman–Crippen LogP) is 0.529. The monoisotopic (exact) mass is 249 g/mol. The molecule has 1 atom stereocenters. The van der Waals surface area contributed by atoms with Crippen LogP contribution < -0.4 is 5.32 Å². The van der Waals surface area contributed by atoms with Gasteiger partial charge in [-0.05, 0) is 39.2 Å². The van der Waals surface area contributed by atoms with Crippen molar-refractivity contribution in [2.24, 2.45) is 0 Å². The van der Waals surface area contributed by atoms with Crippen molar-refractivity contribution in [1.29, 1.82) is 0 Å². The van der Waals surface area contributed by atoms with Gasteiger partial charge in [0.1, 0.15) is 5.82 Å². The molecule has 98 valence electrons. The second kappa shape index (κ2) is 4.68. The Morgan fingerprint density at radius 3 is 3.00 bits per heavy atom. The summed E-state index contributed by atoms with van der Waals surface area (Å²) in [5, 5.41) is 10.1. The zero-order chi connectivity index (χ0) is 12.5. The van der Waals surface area contributed by atoms with Gasteiger partial charge in [-0.1, -0.05) is 0 Å². The molecule has 1 saturated carbocycles. The van der Waals surface area contributed by atoms with E-state index < -0.39 is 0 Å². The van der Waals surface area contributed by atoms with E-state index in [2.05, 4.69) is 25.4 Å². The van der Waals surface area contributed by atoms with Crippen LogP contribution in [0.1, 0.15) is 43.4 Å². The molecule has 1 saturated heterocycles. The smallest absolute Gasteiger partial charge is 0.234 e. The van der Waals surface area contributed by atoms with Gasteiger partial charge in [-0.15, -0.1) is 0 Å². The Balaban J connectivity index is 1.61. The molecule has 0 radical (unpaired) electrons. The first-order valence-corrected chi connectivity index (χ1v) is 6.64. The summed E-state index contributed by atoms with van der Waals surface area (Å²) in [7, 11) is 0. The summed E-state index contributed by atoms with van der Waals surface area (Å²) >= 11 is 0. The Labute approximate surface area is 106 Å². The third-order valence-electron chi connectivity index (χ3n) is 3.57. The normalized spacial score (nSPS) is 24.4. The van der Waals surface area contributed by atoms with Crippen LogP contribution in [-0.4, -0.2) is 45.1 Å². The molecule has 1 unspecified atom stereocenters. The van der Waals surface area contributed by atoms with E-state index >= 15 is 0 Å². The number of hydrogen-bond donors (Lipinski definition) is 2. The zero-order valence-electron chi connectivity index (χ0n) is 10.6. The second-order valence-corrected chi connectivity index (χ2v) is 5.25. The maximum atomic E-state index is 11.8. The lowest BCUT2D eigenvalue weighted by molar-refractivity contribution is -0.122. The SMILES string of the molecule is Cc1nc(C2CCCN2CC(=O)NC2CC2)n[nH]1. The fourth-order valence-corrected chi connectivity index (χ4v) is 2.50. The number of aromatic nitrogens is 3. The molecule has 18 heavy (non-hydrogen) atoms. The molecule has 1 aliphatic carbocycles. The Kier molecular flexibility index (Phi) is 3.03. The highest BCUT2D eigenvalue weighted by Gasteiger charge is 2.31. The molecule has 0 spiro atoms. The highest BCUT2D eigenvalue weighted by atomic mass is 16.2. The van der Waals surface area contributed by atoms with E-state index in [-0.39, 0.29) is 11.9 Å². The summed E-state index contributed by atoms with van der Waals surface area (Å²) in [6.45, 7) is 3.32. The van der Waals surface area contributed by atoms with Crippen LogP contribution in [-0.2, 0) is 4.79 Å². The second-order valence-electron chi connectivity index (χ2n) is 5.25. The minimum atomic E-state index is 0.136. The number of aryl methyl sites for hydroxylation is 1. The number of likely N-dealkylation sites (tertiary alicyclic amines) is 1. The van der Waals surface area contributed by atoms with Gasteiger partial charge in [0.2, 0.25) is 5.91 Å². The molecule has 0 aromatic carbocycles. The van der Waals surface area contributed by atoms with Crippen molar-refractivity contribution in [3.8, 4) is 0 Å². The van der Waals surface area contributed by atoms with Crippen molar-refractivity contribution in [3.63, 3.8) is 0 Å². The number of rotatable bonds is 4. The van der Waals surface area contributed by atoms with Crippen molar-refractivity contribution < 1.29 is 4.79 Å². The Morgan fingerprint density at radius 2 is 2.33 bits per heavy atom. The van der Waals surface area contributed by atoms with Gasteiger partial charge in [-0.25, -0.2) is 4.98 Å². The van der Waals surface area contributed by atoms with E-state index in [0.717, 1.165) is 43.9 Å². The van der Waals surface area contributed by atoms with E-state index in [1.54, 1.807) is 0 Å². The van der Waals surface area contributed by atoms with Crippen molar-refractivity contribution >= 4 is 5.91 Å². The van der Waals surface area contributed by atoms with Crippen LogP contribution in [0.3, 0.4) is 0 Å². The first-order valence-electron chi connectivity index (χ1n) is 6.64. The molecule has 3 rings (SSSR count). The third-order valence-corrected chi connectivity index (χ3v) is 3.57. The molecule has 2 N–H and O–H groups in total. The predicted molar refractivity (Wildman–Crippen MR) is 65.8 cm³/mol. The Bertz CT molecular complexity index is 439. The fraction of sp³-hybridized carbons (Fsp3) is 0.750. The van der Waals surface area contributed by atoms with Crippen LogP contribution >= 0.6 is 0 Å². The summed E-state index contributed by atoms with van der Waals surface area (Å²) in [5.41, 5.74) is 0. The number of carbonyl (C=O) groups is 1. The van der Waals surface area contributed by atoms with Crippen molar-refractivity contribution in [3.05, 3.63) is 11.6 Å². The maximum Gasteiger partial charge on any atom is 0.234 e. The van der Waals surface area contributed by atoms with Gasteiger partial charge in [-0.2, -0.15) is 5.10 Å². The van der Waals surface area contributed by atoms with E-state index in [1.807, 2.05) is 6.92 Å². The molecule has 2 fully saturated rings. The molecule has 1 amide bonds. The first kappa shape index (κ1) is 11.6. The Morgan fingerprint density at radius 1 is 1.50 bits per heavy atom. The van der Waals surface area contributed by atoms with Gasteiger partial charge in [0.15, 0.2) is 5.82 Å². The number of nitrogens with one attached hydrogen (secondary N) is 2. The van der Waals surface area contributed by atoms with Gasteiger partial charge in [0, 0.05) is 6.04 Å². The van der Waals surface area contributed by atoms with Crippen LogP contribution in [0.5, 0.6) is 0 Å². The third kappa shape index (κ3) is 2.53. The molecule has 2 heterocycles. The largest absolute Gasteiger partial charge is 0.352 e. The lowest BCUT2D eigenvalue weighted by Gasteiger charge is -2.21. The molecule has 2 aliphatic rings. The number of H-pyrrole nitrogens is 1. The zero-order valence-corrected chi connectivity index (χ0v) is 10.6. The quantitative estimate of drug-likeness (QED) is 0.816. The highest BCUT2D eigenvalue weighted by molar-refractivity contribution is 5.78. The minimum Gasteiger partial charge on any atom is -0.352 e. The van der Waals surface area contributed by atoms with Crippen LogP contribution in [0.2, 0.25) is 0 Å². The Hall–Kier alpha value is -1.43. The summed E-state index contributed by atoms with van der Waals surface area (Å²) in [6, 6.07) is 0.629.